The zero-order valence-electron chi connectivity index (χ0n) is 8.00. The maximum absolute atomic E-state index is 12.7. The third-order valence-corrected chi connectivity index (χ3v) is 2.10. The molecule has 0 radical (unpaired) electrons. The fraction of sp³-hybridized carbons (Fsp3) is 0.455. The predicted octanol–water partition coefficient (Wildman–Crippen LogP) is 2.39. The first-order valence-corrected chi connectivity index (χ1v) is 4.52. The topological polar surface area (TPSA) is 20.2 Å². The molecule has 0 heterocycles. The summed E-state index contributed by atoms with van der Waals surface area (Å²) in [6.07, 6.45) is 0.136. The number of hydrogen-bond acceptors (Lipinski definition) is 1. The number of hydrogen-bond donors (Lipinski definition) is 1. The Morgan fingerprint density at radius 1 is 1.38 bits per heavy atom. The van der Waals surface area contributed by atoms with Gasteiger partial charge in [-0.1, -0.05) is 26.0 Å². The second-order valence-corrected chi connectivity index (χ2v) is 3.65. The molecule has 0 aliphatic rings. The lowest BCUT2D eigenvalue weighted by Gasteiger charge is -2.13. The molecule has 1 N–H and O–H groups in total. The van der Waals surface area contributed by atoms with Crippen molar-refractivity contribution >= 4 is 0 Å². The highest BCUT2D eigenvalue weighted by Crippen LogP contribution is 2.11. The number of aliphatic hydroxyl groups excluding tert-OH is 1. The summed E-state index contributed by atoms with van der Waals surface area (Å²) >= 11 is 0. The van der Waals surface area contributed by atoms with Gasteiger partial charge in [-0.05, 0) is 30.0 Å². The normalized spacial score (nSPS) is 13.3. The van der Waals surface area contributed by atoms with E-state index in [0.717, 1.165) is 5.56 Å². The van der Waals surface area contributed by atoms with E-state index < -0.39 is 0 Å². The first kappa shape index (κ1) is 10.2. The Bertz CT molecular complexity index is 271. The van der Waals surface area contributed by atoms with Crippen molar-refractivity contribution in [2.75, 3.05) is 0 Å². The molecule has 0 fully saturated rings. The van der Waals surface area contributed by atoms with Gasteiger partial charge in [0.05, 0.1) is 6.10 Å². The van der Waals surface area contributed by atoms with E-state index in [4.69, 9.17) is 0 Å². The molecule has 1 unspecified atom stereocenters. The van der Waals surface area contributed by atoms with Gasteiger partial charge in [-0.3, -0.25) is 0 Å². The van der Waals surface area contributed by atoms with E-state index in [2.05, 4.69) is 0 Å². The molecule has 0 amide bonds. The van der Waals surface area contributed by atoms with Crippen molar-refractivity contribution in [2.24, 2.45) is 5.92 Å². The van der Waals surface area contributed by atoms with Crippen LogP contribution in [0.25, 0.3) is 0 Å². The average molecular weight is 182 g/mol. The van der Waals surface area contributed by atoms with E-state index in [0.29, 0.717) is 6.42 Å². The van der Waals surface area contributed by atoms with Gasteiger partial charge in [-0.2, -0.15) is 0 Å². The van der Waals surface area contributed by atoms with Crippen LogP contribution >= 0.6 is 0 Å². The van der Waals surface area contributed by atoms with Crippen LogP contribution in [-0.2, 0) is 6.42 Å². The van der Waals surface area contributed by atoms with Crippen LogP contribution in [0.3, 0.4) is 0 Å². The van der Waals surface area contributed by atoms with E-state index in [1.54, 1.807) is 6.07 Å². The van der Waals surface area contributed by atoms with E-state index in [9.17, 15) is 9.50 Å². The van der Waals surface area contributed by atoms with Gasteiger partial charge in [0.25, 0.3) is 0 Å². The third-order valence-electron chi connectivity index (χ3n) is 2.10. The minimum absolute atomic E-state index is 0.211. The van der Waals surface area contributed by atoms with Gasteiger partial charge < -0.3 is 5.11 Å². The Morgan fingerprint density at radius 2 is 2.08 bits per heavy atom. The van der Waals surface area contributed by atoms with Crippen molar-refractivity contribution in [2.45, 2.75) is 26.4 Å². The Labute approximate surface area is 78.2 Å². The van der Waals surface area contributed by atoms with Crippen molar-refractivity contribution in [3.8, 4) is 0 Å². The Hall–Kier alpha value is -0.890. The molecule has 1 atom stereocenters. The van der Waals surface area contributed by atoms with Crippen LogP contribution in [0.5, 0.6) is 0 Å². The molecule has 2 heteroatoms. The lowest BCUT2D eigenvalue weighted by molar-refractivity contribution is 0.125. The molecule has 0 aromatic heterocycles. The summed E-state index contributed by atoms with van der Waals surface area (Å²) in [5.41, 5.74) is 0.848. The first-order valence-electron chi connectivity index (χ1n) is 4.52. The Balaban J connectivity index is 2.64. The second-order valence-electron chi connectivity index (χ2n) is 3.65. The molecule has 1 rings (SSSR count). The molecule has 0 aliphatic carbocycles. The summed E-state index contributed by atoms with van der Waals surface area (Å²) < 4.78 is 12.7. The molecule has 1 aromatic rings. The van der Waals surface area contributed by atoms with Gasteiger partial charge in [0.1, 0.15) is 5.82 Å². The summed E-state index contributed by atoms with van der Waals surface area (Å²) in [7, 11) is 0. The zero-order chi connectivity index (χ0) is 9.84. The Kier molecular flexibility index (Phi) is 3.43. The number of halogens is 1. The van der Waals surface area contributed by atoms with Crippen LogP contribution in [0, 0.1) is 11.7 Å². The van der Waals surface area contributed by atoms with Crippen LogP contribution in [0.2, 0.25) is 0 Å². The minimum Gasteiger partial charge on any atom is -0.393 e. The molecule has 0 saturated carbocycles. The monoisotopic (exact) mass is 182 g/mol. The molecule has 0 aliphatic heterocycles. The highest BCUT2D eigenvalue weighted by molar-refractivity contribution is 5.17. The summed E-state index contributed by atoms with van der Waals surface area (Å²) in [4.78, 5) is 0. The molecule has 1 aromatic carbocycles. The Morgan fingerprint density at radius 3 is 2.62 bits per heavy atom. The largest absolute Gasteiger partial charge is 0.393 e. The van der Waals surface area contributed by atoms with E-state index in [1.807, 2.05) is 19.9 Å². The van der Waals surface area contributed by atoms with Crippen molar-refractivity contribution in [3.63, 3.8) is 0 Å². The van der Waals surface area contributed by atoms with Crippen molar-refractivity contribution in [1.82, 2.24) is 0 Å². The fourth-order valence-electron chi connectivity index (χ4n) is 1.14. The van der Waals surface area contributed by atoms with Crippen molar-refractivity contribution in [1.29, 1.82) is 0 Å². The number of benzene rings is 1. The van der Waals surface area contributed by atoms with Crippen LogP contribution in [0.15, 0.2) is 24.3 Å². The van der Waals surface area contributed by atoms with Gasteiger partial charge in [0.15, 0.2) is 0 Å². The van der Waals surface area contributed by atoms with E-state index >= 15 is 0 Å². The number of aliphatic hydroxyl groups is 1. The lowest BCUT2D eigenvalue weighted by atomic mass is 9.99. The van der Waals surface area contributed by atoms with Crippen molar-refractivity contribution in [3.05, 3.63) is 35.6 Å². The molecule has 72 valence electrons. The van der Waals surface area contributed by atoms with Gasteiger partial charge in [-0.15, -0.1) is 0 Å². The van der Waals surface area contributed by atoms with Crippen LogP contribution in [0.4, 0.5) is 4.39 Å². The van der Waals surface area contributed by atoms with Crippen LogP contribution in [-0.4, -0.2) is 11.2 Å². The summed E-state index contributed by atoms with van der Waals surface area (Å²) in [5.74, 6) is -0.0308. The van der Waals surface area contributed by atoms with E-state index in [1.165, 1.54) is 12.1 Å². The van der Waals surface area contributed by atoms with Gasteiger partial charge >= 0.3 is 0 Å². The predicted molar refractivity (Wildman–Crippen MR) is 50.9 cm³/mol. The SMILES string of the molecule is CC(C)C(O)Cc1cccc(F)c1. The molecule has 0 spiro atoms. The minimum atomic E-state index is -0.387. The van der Waals surface area contributed by atoms with Gasteiger partial charge in [-0.25, -0.2) is 4.39 Å². The quantitative estimate of drug-likeness (QED) is 0.761. The maximum Gasteiger partial charge on any atom is 0.123 e. The summed E-state index contributed by atoms with van der Waals surface area (Å²) in [6, 6.07) is 6.36. The lowest BCUT2D eigenvalue weighted by Crippen LogP contribution is -2.17. The van der Waals surface area contributed by atoms with Crippen LogP contribution < -0.4 is 0 Å². The first-order chi connectivity index (χ1) is 6.09. The molecular weight excluding hydrogens is 167 g/mol. The zero-order valence-corrected chi connectivity index (χ0v) is 8.00. The highest BCUT2D eigenvalue weighted by atomic mass is 19.1. The van der Waals surface area contributed by atoms with Crippen LogP contribution in [0.1, 0.15) is 19.4 Å². The molecule has 0 saturated heterocycles. The smallest absolute Gasteiger partial charge is 0.123 e. The maximum atomic E-state index is 12.7. The highest BCUT2D eigenvalue weighted by Gasteiger charge is 2.09. The molecule has 13 heavy (non-hydrogen) atoms. The molecular formula is C11H15FO. The summed E-state index contributed by atoms with van der Waals surface area (Å²) in [6.45, 7) is 3.90. The third kappa shape index (κ3) is 3.15. The fourth-order valence-corrected chi connectivity index (χ4v) is 1.14. The molecule has 1 nitrogen and oxygen atoms in total. The van der Waals surface area contributed by atoms with Gasteiger partial charge in [0.2, 0.25) is 0 Å². The van der Waals surface area contributed by atoms with Crippen molar-refractivity contribution < 1.29 is 9.50 Å². The number of rotatable bonds is 3. The average Bonchev–Trinajstić information content (AvgIpc) is 2.04. The summed E-state index contributed by atoms with van der Waals surface area (Å²) in [5, 5.41) is 9.55. The standard InChI is InChI=1S/C11H15FO/c1-8(2)11(13)7-9-4-3-5-10(12)6-9/h3-6,8,11,13H,7H2,1-2H3. The second kappa shape index (κ2) is 4.38. The van der Waals surface area contributed by atoms with E-state index in [-0.39, 0.29) is 17.8 Å². The molecule has 0 bridgehead atoms. The van der Waals surface area contributed by atoms with Gasteiger partial charge in [0, 0.05) is 0 Å².